The molecule has 67 heavy (non-hydrogen) atoms. The predicted molar refractivity (Wildman–Crippen MR) is 272 cm³/mol. The number of aryl methyl sites for hydroxylation is 2. The summed E-state index contributed by atoms with van der Waals surface area (Å²) < 4.78 is 0. The van der Waals surface area contributed by atoms with Gasteiger partial charge in [-0.2, -0.15) is 0 Å². The first-order valence-corrected chi connectivity index (χ1v) is 24.2. The van der Waals surface area contributed by atoms with Crippen LogP contribution in [-0.4, -0.2) is 74.0 Å². The van der Waals surface area contributed by atoms with Gasteiger partial charge in [-0.3, -0.25) is 24.0 Å². The molecule has 4 rings (SSSR count). The average Bonchev–Trinajstić information content (AvgIpc) is 3.32. The molecular formula is C55H74N6O6. The van der Waals surface area contributed by atoms with Gasteiger partial charge in [0.05, 0.1) is 16.9 Å². The lowest BCUT2D eigenvalue weighted by molar-refractivity contribution is -0.126. The van der Waals surface area contributed by atoms with E-state index in [1.54, 1.807) is 30.4 Å². The molecule has 0 bridgehead atoms. The van der Waals surface area contributed by atoms with Crippen molar-refractivity contribution in [1.82, 2.24) is 16.0 Å². The molecule has 12 nitrogen and oxygen atoms in total. The van der Waals surface area contributed by atoms with Gasteiger partial charge in [-0.25, -0.2) is 4.99 Å². The average molecular weight is 915 g/mol. The maximum Gasteiger partial charge on any atom is 0.246 e. The van der Waals surface area contributed by atoms with Crippen molar-refractivity contribution < 1.29 is 29.1 Å². The van der Waals surface area contributed by atoms with Crippen molar-refractivity contribution in [2.24, 2.45) is 16.8 Å². The number of hydrogen-bond donors (Lipinski definition) is 4. The molecule has 0 saturated carbocycles. The Hall–Kier alpha value is -6.30. The van der Waals surface area contributed by atoms with Gasteiger partial charge in [-0.05, 0) is 92.7 Å². The Kier molecular flexibility index (Phi) is 21.8. The molecular weight excluding hydrogens is 841 g/mol. The normalized spacial score (nSPS) is 16.4. The second kappa shape index (κ2) is 27.4. The number of aliphatic hydroxyl groups is 1. The fourth-order valence-electron chi connectivity index (χ4n) is 7.79. The number of nitrogens with zero attached hydrogens (tertiary/aromatic N) is 3. The van der Waals surface area contributed by atoms with E-state index in [0.29, 0.717) is 36.2 Å². The maximum absolute atomic E-state index is 14.3. The molecule has 2 aliphatic carbocycles. The smallest absolute Gasteiger partial charge is 0.246 e. The van der Waals surface area contributed by atoms with Crippen LogP contribution in [0.2, 0.25) is 0 Å². The van der Waals surface area contributed by atoms with Crippen LogP contribution in [0.15, 0.2) is 124 Å². The number of aliphatic hydroxyl groups excluding tert-OH is 1. The summed E-state index contributed by atoms with van der Waals surface area (Å²) in [6, 6.07) is 15.9. The van der Waals surface area contributed by atoms with Gasteiger partial charge in [0.25, 0.3) is 0 Å². The molecule has 4 N–H and O–H groups in total. The molecule has 2 atom stereocenters. The molecule has 0 spiro atoms. The number of rotatable bonds is 26. The molecule has 0 aliphatic heterocycles. The number of amides is 4. The third kappa shape index (κ3) is 16.5. The fourth-order valence-corrected chi connectivity index (χ4v) is 7.79. The minimum Gasteiger partial charge on any atom is -0.506 e. The lowest BCUT2D eigenvalue weighted by Gasteiger charge is -2.28. The van der Waals surface area contributed by atoms with Crippen molar-refractivity contribution in [2.45, 2.75) is 119 Å². The standard InChI is InChI=1S/C55H74N6O6/c1-9-13-16-40(11-3)35-56-48(62)29-30-50(64)58-37-42(18-15-33-60(7)43-23-19-38(5)20-24-43)52-54(66)53(55(52)67)46-28-27-45(61(8)44-25-21-39(6)22-26-44)34-47(46)59-51(65)32-31-49(63)57-36-41(12-4)17-14-10-2/h15,18-28,33-34,40-41,66H,9-14,16-17,29-32,35-37H2,1-8H3,(H,56,62)(H,57,63)(H,58,64)/b33-15+,42-18+,53-46-,59-47?. The molecule has 2 aromatic rings. The van der Waals surface area contributed by atoms with E-state index in [2.05, 4.69) is 48.6 Å². The Morgan fingerprint density at radius 1 is 0.716 bits per heavy atom. The molecule has 2 aliphatic rings. The first kappa shape index (κ1) is 53.3. The minimum absolute atomic E-state index is 0.0134. The summed E-state index contributed by atoms with van der Waals surface area (Å²) in [7, 11) is 3.77. The van der Waals surface area contributed by atoms with E-state index in [0.717, 1.165) is 73.9 Å². The van der Waals surface area contributed by atoms with Crippen molar-refractivity contribution in [1.29, 1.82) is 0 Å². The second-order valence-corrected chi connectivity index (χ2v) is 17.7. The van der Waals surface area contributed by atoms with E-state index in [1.807, 2.05) is 92.5 Å². The number of unbranched alkanes of at least 4 members (excludes halogenated alkanes) is 2. The second-order valence-electron chi connectivity index (χ2n) is 17.7. The van der Waals surface area contributed by atoms with Crippen LogP contribution in [0.1, 0.15) is 116 Å². The van der Waals surface area contributed by atoms with Crippen molar-refractivity contribution in [3.8, 4) is 0 Å². The topological polar surface area (TPSA) is 161 Å². The van der Waals surface area contributed by atoms with Gasteiger partial charge >= 0.3 is 0 Å². The van der Waals surface area contributed by atoms with Gasteiger partial charge in [0.2, 0.25) is 29.4 Å². The highest BCUT2D eigenvalue weighted by molar-refractivity contribution is 6.29. The van der Waals surface area contributed by atoms with Crippen LogP contribution >= 0.6 is 0 Å². The zero-order valence-electron chi connectivity index (χ0n) is 41.2. The Bertz CT molecular complexity index is 2260. The highest BCUT2D eigenvalue weighted by Crippen LogP contribution is 2.38. The van der Waals surface area contributed by atoms with E-state index < -0.39 is 11.7 Å². The summed E-state index contributed by atoms with van der Waals surface area (Å²) in [6.45, 7) is 13.6. The van der Waals surface area contributed by atoms with Crippen molar-refractivity contribution in [3.63, 3.8) is 0 Å². The number of allylic oxidation sites excluding steroid dienone is 7. The monoisotopic (exact) mass is 915 g/mol. The lowest BCUT2D eigenvalue weighted by Crippen LogP contribution is -2.34. The molecule has 0 radical (unpaired) electrons. The van der Waals surface area contributed by atoms with Crippen LogP contribution < -0.4 is 25.8 Å². The number of Topliss-reactive ketones (excluding diaryl/α,β-unsaturated/α-hetero) is 1. The van der Waals surface area contributed by atoms with E-state index >= 15 is 0 Å². The number of ketones is 1. The number of aliphatic imine (C=N–C) groups is 1. The van der Waals surface area contributed by atoms with E-state index in [9.17, 15) is 29.1 Å². The third-order valence-corrected chi connectivity index (χ3v) is 12.5. The Morgan fingerprint density at radius 2 is 1.24 bits per heavy atom. The van der Waals surface area contributed by atoms with E-state index in [1.165, 1.54) is 0 Å². The van der Waals surface area contributed by atoms with Gasteiger partial charge in [0.15, 0.2) is 0 Å². The summed E-state index contributed by atoms with van der Waals surface area (Å²) in [6.07, 6.45) is 18.6. The maximum atomic E-state index is 14.3. The molecule has 0 heterocycles. The summed E-state index contributed by atoms with van der Waals surface area (Å²) in [5.41, 5.74) is 5.54. The number of likely N-dealkylation sites (N-methyl/N-ethyl adjacent to an activating group) is 1. The molecule has 2 aromatic carbocycles. The number of carbonyl (C=O) groups is 5. The number of benzene rings is 2. The zero-order chi connectivity index (χ0) is 48.9. The van der Waals surface area contributed by atoms with Crippen LogP contribution in [0.25, 0.3) is 0 Å². The highest BCUT2D eigenvalue weighted by atomic mass is 16.3. The molecule has 12 heteroatoms. The SMILES string of the molecule is CCCCC(CC)CNC(=O)CCC(=O)N=C1C=C(N(C)c2ccc(C)cc2)C=C/C1=C1/C(=O)C(C(=C/C=C/N(C)c2ccc(C)cc2)/CNC(=O)CCC(=O)NCC(CC)CCCC)=C1O. The van der Waals surface area contributed by atoms with Crippen LogP contribution in [0.4, 0.5) is 11.4 Å². The van der Waals surface area contributed by atoms with Gasteiger partial charge in [0.1, 0.15) is 5.76 Å². The molecule has 4 amide bonds. The van der Waals surface area contributed by atoms with E-state index in [4.69, 9.17) is 0 Å². The zero-order valence-corrected chi connectivity index (χ0v) is 41.2. The number of anilines is 2. The van der Waals surface area contributed by atoms with E-state index in [-0.39, 0.29) is 78.1 Å². The Labute approximate surface area is 399 Å². The van der Waals surface area contributed by atoms with Gasteiger partial charge in [0, 0.05) is 88.3 Å². The number of nitrogens with one attached hydrogen (secondary N) is 3. The summed E-state index contributed by atoms with van der Waals surface area (Å²) in [4.78, 5) is 74.7. The van der Waals surface area contributed by atoms with Gasteiger partial charge in [-0.1, -0.05) is 108 Å². The number of hydrogen-bond acceptors (Lipinski definition) is 8. The molecule has 2 unspecified atom stereocenters. The quantitative estimate of drug-likeness (QED) is 0.0536. The van der Waals surface area contributed by atoms with Crippen molar-refractivity contribution in [2.75, 3.05) is 43.5 Å². The largest absolute Gasteiger partial charge is 0.506 e. The van der Waals surface area contributed by atoms with Crippen LogP contribution in [0.3, 0.4) is 0 Å². The predicted octanol–water partition coefficient (Wildman–Crippen LogP) is 9.77. The van der Waals surface area contributed by atoms with Gasteiger partial charge < -0.3 is 30.9 Å². The molecule has 0 aromatic heterocycles. The lowest BCUT2D eigenvalue weighted by atomic mass is 9.78. The van der Waals surface area contributed by atoms with Crippen LogP contribution in [0, 0.1) is 25.7 Å². The number of carbonyl (C=O) groups excluding carboxylic acids is 5. The van der Waals surface area contributed by atoms with Gasteiger partial charge in [-0.15, -0.1) is 0 Å². The Balaban J connectivity index is 1.62. The fraction of sp³-hybridized carbons (Fsp3) is 0.455. The Morgan fingerprint density at radius 3 is 1.76 bits per heavy atom. The third-order valence-electron chi connectivity index (χ3n) is 12.5. The molecule has 360 valence electrons. The van der Waals surface area contributed by atoms with Crippen LogP contribution in [-0.2, 0) is 24.0 Å². The summed E-state index contributed by atoms with van der Waals surface area (Å²) in [5.74, 6) is -1.34. The minimum atomic E-state index is -0.540. The molecule has 0 saturated heterocycles. The molecule has 0 fully saturated rings. The van der Waals surface area contributed by atoms with Crippen molar-refractivity contribution in [3.05, 3.63) is 130 Å². The highest BCUT2D eigenvalue weighted by Gasteiger charge is 2.39. The first-order valence-electron chi connectivity index (χ1n) is 24.2. The summed E-state index contributed by atoms with van der Waals surface area (Å²) >= 11 is 0. The first-order chi connectivity index (χ1) is 32.2. The van der Waals surface area contributed by atoms with Crippen LogP contribution in [0.5, 0.6) is 0 Å². The van der Waals surface area contributed by atoms with Crippen molar-refractivity contribution >= 4 is 46.5 Å². The summed E-state index contributed by atoms with van der Waals surface area (Å²) in [5, 5.41) is 20.6.